The van der Waals surface area contributed by atoms with Gasteiger partial charge in [-0.05, 0) is 31.5 Å². The second-order valence-electron chi connectivity index (χ2n) is 5.87. The molecule has 1 aromatic carbocycles. The number of hydrazone groups is 1. The molecule has 0 aliphatic carbocycles. The van der Waals surface area contributed by atoms with E-state index in [0.29, 0.717) is 11.1 Å². The van der Waals surface area contributed by atoms with Crippen LogP contribution in [0.25, 0.3) is 0 Å². The number of rotatable bonds is 9. The van der Waals surface area contributed by atoms with E-state index >= 15 is 0 Å². The first-order valence-corrected chi connectivity index (χ1v) is 8.83. The number of nitrogens with one attached hydrogen (secondary N) is 1. The summed E-state index contributed by atoms with van der Waals surface area (Å²) < 4.78 is 0. The summed E-state index contributed by atoms with van der Waals surface area (Å²) in [5, 5.41) is 15.1. The summed E-state index contributed by atoms with van der Waals surface area (Å²) in [6.45, 7) is 5.75. The summed E-state index contributed by atoms with van der Waals surface area (Å²) in [6.07, 6.45) is 6.51. The minimum absolute atomic E-state index is 0.0228. The molecule has 8 heteroatoms. The molecule has 1 aromatic heterocycles. The number of nitro groups is 1. The van der Waals surface area contributed by atoms with Crippen molar-refractivity contribution in [3.05, 3.63) is 64.0 Å². The van der Waals surface area contributed by atoms with E-state index in [-0.39, 0.29) is 5.69 Å². The van der Waals surface area contributed by atoms with E-state index in [1.54, 1.807) is 24.4 Å². The number of hydrogen-bond donors (Lipinski definition) is 1. The Balaban J connectivity index is 2.24. The zero-order valence-corrected chi connectivity index (χ0v) is 15.5. The predicted octanol–water partition coefficient (Wildman–Crippen LogP) is 3.38. The summed E-state index contributed by atoms with van der Waals surface area (Å²) in [5.41, 5.74) is 4.21. The molecular weight excluding hydrogens is 346 g/mol. The van der Waals surface area contributed by atoms with Crippen molar-refractivity contribution in [1.82, 2.24) is 10.4 Å². The van der Waals surface area contributed by atoms with E-state index in [2.05, 4.69) is 27.3 Å². The quantitative estimate of drug-likeness (QED) is 0.415. The predicted molar refractivity (Wildman–Crippen MR) is 105 cm³/mol. The van der Waals surface area contributed by atoms with Crippen LogP contribution in [-0.2, 0) is 0 Å². The maximum Gasteiger partial charge on any atom is 0.272 e. The van der Waals surface area contributed by atoms with Crippen LogP contribution in [-0.4, -0.2) is 35.1 Å². The summed E-state index contributed by atoms with van der Waals surface area (Å²) in [6, 6.07) is 7.95. The van der Waals surface area contributed by atoms with Gasteiger partial charge in [0.25, 0.3) is 11.6 Å². The standard InChI is InChI=1S/C19H23N5O3/c1-3-5-11-23(4-2)18-9-8-17(24(26)27)12-16(18)14-21-22-19(25)15-7-6-10-20-13-15/h6-10,12-14H,3-5,11H2,1-2H3,(H,22,25). The Bertz CT molecular complexity index is 808. The lowest BCUT2D eigenvalue weighted by atomic mass is 10.1. The van der Waals surface area contributed by atoms with E-state index in [1.165, 1.54) is 24.5 Å². The Morgan fingerprint density at radius 1 is 1.37 bits per heavy atom. The van der Waals surface area contributed by atoms with Gasteiger partial charge in [0, 0.05) is 48.9 Å². The van der Waals surface area contributed by atoms with Gasteiger partial charge in [-0.2, -0.15) is 5.10 Å². The van der Waals surface area contributed by atoms with Crippen molar-refractivity contribution < 1.29 is 9.72 Å². The first kappa shape index (κ1) is 20.0. The van der Waals surface area contributed by atoms with E-state index < -0.39 is 10.8 Å². The number of aromatic nitrogens is 1. The topological polar surface area (TPSA) is 101 Å². The third-order valence-electron chi connectivity index (χ3n) is 4.02. The number of pyridine rings is 1. The fraction of sp³-hybridized carbons (Fsp3) is 0.316. The average Bonchev–Trinajstić information content (AvgIpc) is 2.69. The maximum atomic E-state index is 12.0. The number of nitrogens with zero attached hydrogens (tertiary/aromatic N) is 4. The van der Waals surface area contributed by atoms with Crippen molar-refractivity contribution in [3.8, 4) is 0 Å². The SMILES string of the molecule is CCCCN(CC)c1ccc([N+](=O)[O-])cc1C=NNC(=O)c1cccnc1. The van der Waals surface area contributed by atoms with Crippen LogP contribution in [0.1, 0.15) is 42.6 Å². The zero-order chi connectivity index (χ0) is 19.6. The van der Waals surface area contributed by atoms with Crippen molar-refractivity contribution in [3.63, 3.8) is 0 Å². The normalized spacial score (nSPS) is 10.7. The van der Waals surface area contributed by atoms with Gasteiger partial charge in [0.15, 0.2) is 0 Å². The molecule has 0 aliphatic heterocycles. The van der Waals surface area contributed by atoms with Crippen LogP contribution in [0.5, 0.6) is 0 Å². The minimum atomic E-state index is -0.447. The van der Waals surface area contributed by atoms with Crippen LogP contribution < -0.4 is 10.3 Å². The van der Waals surface area contributed by atoms with Crippen LogP contribution in [0.15, 0.2) is 47.8 Å². The van der Waals surface area contributed by atoms with Gasteiger partial charge < -0.3 is 4.90 Å². The molecule has 0 saturated carbocycles. The summed E-state index contributed by atoms with van der Waals surface area (Å²) in [7, 11) is 0. The Hall–Kier alpha value is -3.29. The highest BCUT2D eigenvalue weighted by Crippen LogP contribution is 2.24. The molecule has 0 atom stereocenters. The number of anilines is 1. The number of benzene rings is 1. The highest BCUT2D eigenvalue weighted by Gasteiger charge is 2.14. The molecule has 0 bridgehead atoms. The fourth-order valence-corrected chi connectivity index (χ4v) is 2.57. The molecular formula is C19H23N5O3. The molecule has 0 saturated heterocycles. The van der Waals surface area contributed by atoms with Gasteiger partial charge >= 0.3 is 0 Å². The van der Waals surface area contributed by atoms with Crippen LogP contribution in [0.4, 0.5) is 11.4 Å². The van der Waals surface area contributed by atoms with E-state index in [4.69, 9.17) is 0 Å². The minimum Gasteiger partial charge on any atom is -0.371 e. The van der Waals surface area contributed by atoms with Crippen molar-refractivity contribution in [2.45, 2.75) is 26.7 Å². The van der Waals surface area contributed by atoms with Crippen LogP contribution >= 0.6 is 0 Å². The summed E-state index contributed by atoms with van der Waals surface area (Å²) in [4.78, 5) is 28.7. The molecule has 1 N–H and O–H groups in total. The summed E-state index contributed by atoms with van der Waals surface area (Å²) in [5.74, 6) is -0.398. The number of hydrogen-bond acceptors (Lipinski definition) is 6. The van der Waals surface area contributed by atoms with Crippen molar-refractivity contribution in [1.29, 1.82) is 0 Å². The Morgan fingerprint density at radius 2 is 2.19 bits per heavy atom. The highest BCUT2D eigenvalue weighted by molar-refractivity contribution is 5.95. The monoisotopic (exact) mass is 369 g/mol. The lowest BCUT2D eigenvalue weighted by Gasteiger charge is -2.24. The lowest BCUT2D eigenvalue weighted by Crippen LogP contribution is -2.25. The van der Waals surface area contributed by atoms with Crippen molar-refractivity contribution >= 4 is 23.5 Å². The Labute approximate surface area is 158 Å². The van der Waals surface area contributed by atoms with Gasteiger partial charge in [0.1, 0.15) is 0 Å². The number of carbonyl (C=O) groups excluding carboxylic acids is 1. The average molecular weight is 369 g/mol. The number of non-ortho nitro benzene ring substituents is 1. The van der Waals surface area contributed by atoms with Gasteiger partial charge in [-0.25, -0.2) is 5.43 Å². The van der Waals surface area contributed by atoms with Crippen molar-refractivity contribution in [2.75, 3.05) is 18.0 Å². The van der Waals surface area contributed by atoms with Gasteiger partial charge in [0.2, 0.25) is 0 Å². The number of nitro benzene ring substituents is 1. The molecule has 2 rings (SSSR count). The first-order valence-electron chi connectivity index (χ1n) is 8.83. The molecule has 142 valence electrons. The van der Waals surface area contributed by atoms with Crippen LogP contribution in [0.2, 0.25) is 0 Å². The van der Waals surface area contributed by atoms with Gasteiger partial charge in [-0.3, -0.25) is 19.9 Å². The van der Waals surface area contributed by atoms with E-state index in [9.17, 15) is 14.9 Å². The third-order valence-corrected chi connectivity index (χ3v) is 4.02. The number of carbonyl (C=O) groups is 1. The summed E-state index contributed by atoms with van der Waals surface area (Å²) >= 11 is 0. The lowest BCUT2D eigenvalue weighted by molar-refractivity contribution is -0.384. The Morgan fingerprint density at radius 3 is 2.81 bits per heavy atom. The first-order chi connectivity index (χ1) is 13.1. The van der Waals surface area contributed by atoms with Gasteiger partial charge in [-0.1, -0.05) is 13.3 Å². The maximum absolute atomic E-state index is 12.0. The van der Waals surface area contributed by atoms with Crippen molar-refractivity contribution in [2.24, 2.45) is 5.10 Å². The number of amides is 1. The van der Waals surface area contributed by atoms with Crippen LogP contribution in [0.3, 0.4) is 0 Å². The second-order valence-corrected chi connectivity index (χ2v) is 5.87. The molecule has 2 aromatic rings. The smallest absolute Gasteiger partial charge is 0.272 e. The molecule has 0 fully saturated rings. The van der Waals surface area contributed by atoms with Crippen LogP contribution in [0, 0.1) is 10.1 Å². The van der Waals surface area contributed by atoms with Gasteiger partial charge in [0.05, 0.1) is 16.7 Å². The highest BCUT2D eigenvalue weighted by atomic mass is 16.6. The van der Waals surface area contributed by atoms with E-state index in [0.717, 1.165) is 31.6 Å². The third kappa shape index (κ3) is 5.60. The molecule has 8 nitrogen and oxygen atoms in total. The molecule has 0 radical (unpaired) electrons. The molecule has 0 unspecified atom stereocenters. The molecule has 27 heavy (non-hydrogen) atoms. The zero-order valence-electron chi connectivity index (χ0n) is 15.5. The number of unbranched alkanes of at least 4 members (excludes halogenated alkanes) is 1. The molecule has 1 heterocycles. The second kappa shape index (κ2) is 10.0. The fourth-order valence-electron chi connectivity index (χ4n) is 2.57. The molecule has 1 amide bonds. The Kier molecular flexibility index (Phi) is 7.42. The van der Waals surface area contributed by atoms with Gasteiger partial charge in [-0.15, -0.1) is 0 Å². The van der Waals surface area contributed by atoms with E-state index in [1.807, 2.05) is 6.92 Å². The molecule has 0 aliphatic rings. The molecule has 0 spiro atoms. The largest absolute Gasteiger partial charge is 0.371 e.